The summed E-state index contributed by atoms with van der Waals surface area (Å²) in [7, 11) is 0. The Bertz CT molecular complexity index is 1340. The Balaban J connectivity index is 1.19. The monoisotopic (exact) mass is 525 g/mol. The van der Waals surface area contributed by atoms with Crippen LogP contribution >= 0.6 is 0 Å². The summed E-state index contributed by atoms with van der Waals surface area (Å²) in [6.45, 7) is 2.85. The Morgan fingerprint density at radius 3 is 2.41 bits per heavy atom. The number of nitrogens with two attached hydrogens (primary N) is 1. The number of amides is 2. The molecule has 2 aliphatic heterocycles. The summed E-state index contributed by atoms with van der Waals surface area (Å²) in [6.07, 6.45) is 8.84. The van der Waals surface area contributed by atoms with Gasteiger partial charge in [0.05, 0.1) is 18.1 Å². The summed E-state index contributed by atoms with van der Waals surface area (Å²) in [4.78, 5) is 35.9. The first-order valence-corrected chi connectivity index (χ1v) is 14.5. The van der Waals surface area contributed by atoms with E-state index in [-0.39, 0.29) is 29.1 Å². The minimum Gasteiger partial charge on any atom is -0.328 e. The summed E-state index contributed by atoms with van der Waals surface area (Å²) in [6, 6.07) is 22.1. The van der Waals surface area contributed by atoms with Crippen LogP contribution in [0.5, 0.6) is 0 Å². The molecule has 1 spiro atoms. The minimum atomic E-state index is -0.00846. The molecule has 204 valence electrons. The van der Waals surface area contributed by atoms with Crippen molar-refractivity contribution < 1.29 is 4.79 Å². The van der Waals surface area contributed by atoms with Gasteiger partial charge >= 0.3 is 6.03 Å². The molecule has 2 amide bonds. The van der Waals surface area contributed by atoms with Crippen molar-refractivity contribution in [3.8, 4) is 11.3 Å². The summed E-state index contributed by atoms with van der Waals surface area (Å²) < 4.78 is 1.78. The van der Waals surface area contributed by atoms with Crippen molar-refractivity contribution in [2.75, 3.05) is 19.6 Å². The largest absolute Gasteiger partial charge is 0.328 e. The van der Waals surface area contributed by atoms with E-state index in [0.29, 0.717) is 24.7 Å². The van der Waals surface area contributed by atoms with Gasteiger partial charge in [0.1, 0.15) is 0 Å². The highest BCUT2D eigenvalue weighted by Crippen LogP contribution is 2.49. The fraction of sp³-hybridized carbons (Fsp3) is 0.469. The first-order valence-electron chi connectivity index (χ1n) is 14.5. The second-order valence-electron chi connectivity index (χ2n) is 11.8. The average molecular weight is 526 g/mol. The van der Waals surface area contributed by atoms with Crippen LogP contribution < -0.4 is 11.3 Å². The normalized spacial score (nSPS) is 24.7. The van der Waals surface area contributed by atoms with Gasteiger partial charge in [-0.15, -0.1) is 0 Å². The maximum Gasteiger partial charge on any atom is 0.320 e. The van der Waals surface area contributed by atoms with Gasteiger partial charge in [0.2, 0.25) is 0 Å². The molecule has 0 unspecified atom stereocenters. The Hall–Kier alpha value is -3.45. The predicted molar refractivity (Wildman–Crippen MR) is 153 cm³/mol. The van der Waals surface area contributed by atoms with E-state index in [1.807, 2.05) is 48.5 Å². The molecule has 7 nitrogen and oxygen atoms in total. The molecule has 6 rings (SSSR count). The van der Waals surface area contributed by atoms with E-state index in [1.165, 1.54) is 12.8 Å². The molecule has 3 aliphatic rings. The Morgan fingerprint density at radius 1 is 0.974 bits per heavy atom. The number of rotatable bonds is 4. The summed E-state index contributed by atoms with van der Waals surface area (Å²) >= 11 is 0. The standard InChI is InChI=1S/C32H39N5O2/c33-27-14-18-37(29(19-27)25-11-5-2-6-12-25)31(39)35-17-13-26(32(22-35)15-7-8-16-32)21-36-23-34-28(20-30(36)38)24-9-3-1-4-10-24/h1-6,9-12,20,23,26-27,29H,7-8,13-19,21-22,33H2/t26-,27-,29+/m1/s1. The SMILES string of the molecule is N[C@@H]1CCN(C(=O)N2CC[C@H](Cn3cnc(-c4ccccc4)cc3=O)C3(CCCC3)C2)[C@H](c2ccccc2)C1. The number of aromatic nitrogens is 2. The number of hydrogen-bond acceptors (Lipinski definition) is 4. The smallest absolute Gasteiger partial charge is 0.320 e. The lowest BCUT2D eigenvalue weighted by atomic mass is 9.69. The fourth-order valence-corrected chi connectivity index (χ4v) is 7.26. The molecule has 1 saturated carbocycles. The maximum absolute atomic E-state index is 14.0. The van der Waals surface area contributed by atoms with E-state index in [4.69, 9.17) is 5.73 Å². The van der Waals surface area contributed by atoms with Crippen LogP contribution in [0.2, 0.25) is 0 Å². The topological polar surface area (TPSA) is 84.5 Å². The van der Waals surface area contributed by atoms with Crippen molar-refractivity contribution in [2.24, 2.45) is 17.1 Å². The quantitative estimate of drug-likeness (QED) is 0.515. The third-order valence-electron chi connectivity index (χ3n) is 9.43. The Morgan fingerprint density at radius 2 is 1.69 bits per heavy atom. The number of piperidine rings is 2. The molecule has 2 saturated heterocycles. The second kappa shape index (κ2) is 11.0. The van der Waals surface area contributed by atoms with Crippen LogP contribution in [0.1, 0.15) is 56.6 Å². The highest BCUT2D eigenvalue weighted by Gasteiger charge is 2.47. The first kappa shape index (κ1) is 25.8. The number of urea groups is 1. The van der Waals surface area contributed by atoms with Gasteiger partial charge in [-0.2, -0.15) is 0 Å². The third kappa shape index (κ3) is 5.24. The molecular weight excluding hydrogens is 486 g/mol. The second-order valence-corrected chi connectivity index (χ2v) is 11.8. The molecule has 39 heavy (non-hydrogen) atoms. The van der Waals surface area contributed by atoms with Crippen molar-refractivity contribution >= 4 is 6.03 Å². The third-order valence-corrected chi connectivity index (χ3v) is 9.43. The Labute approximate surface area is 230 Å². The molecule has 3 heterocycles. The van der Waals surface area contributed by atoms with Crippen LogP contribution in [-0.4, -0.2) is 51.1 Å². The molecular formula is C32H39N5O2. The van der Waals surface area contributed by atoms with Gasteiger partial charge in [-0.1, -0.05) is 73.5 Å². The molecule has 1 aromatic heterocycles. The molecule has 0 radical (unpaired) electrons. The predicted octanol–water partition coefficient (Wildman–Crippen LogP) is 5.08. The molecule has 3 fully saturated rings. The molecule has 7 heteroatoms. The van der Waals surface area contributed by atoms with Gasteiger partial charge in [-0.25, -0.2) is 9.78 Å². The van der Waals surface area contributed by atoms with Crippen molar-refractivity contribution in [3.05, 3.63) is 89.0 Å². The lowest BCUT2D eigenvalue weighted by molar-refractivity contribution is 0.0214. The zero-order valence-electron chi connectivity index (χ0n) is 22.6. The van der Waals surface area contributed by atoms with Crippen LogP contribution in [0.3, 0.4) is 0 Å². The summed E-state index contributed by atoms with van der Waals surface area (Å²) in [5.74, 6) is 0.353. The van der Waals surface area contributed by atoms with Gasteiger partial charge in [0.25, 0.3) is 5.56 Å². The van der Waals surface area contributed by atoms with E-state index >= 15 is 0 Å². The number of carbonyl (C=O) groups is 1. The zero-order valence-corrected chi connectivity index (χ0v) is 22.6. The van der Waals surface area contributed by atoms with E-state index in [1.54, 1.807) is 17.0 Å². The van der Waals surface area contributed by atoms with E-state index in [2.05, 4.69) is 26.9 Å². The molecule has 1 aliphatic carbocycles. The summed E-state index contributed by atoms with van der Waals surface area (Å²) in [5.41, 5.74) is 9.23. The zero-order chi connectivity index (χ0) is 26.8. The highest BCUT2D eigenvalue weighted by molar-refractivity contribution is 5.75. The first-order chi connectivity index (χ1) is 19.0. The Kier molecular flexibility index (Phi) is 7.26. The van der Waals surface area contributed by atoms with Crippen molar-refractivity contribution in [3.63, 3.8) is 0 Å². The minimum absolute atomic E-state index is 0.00846. The van der Waals surface area contributed by atoms with E-state index < -0.39 is 0 Å². The lowest BCUT2D eigenvalue weighted by Gasteiger charge is -2.49. The maximum atomic E-state index is 14.0. The van der Waals surface area contributed by atoms with Gasteiger partial charge in [-0.05, 0) is 49.0 Å². The molecule has 3 atom stereocenters. The van der Waals surface area contributed by atoms with Crippen LogP contribution in [-0.2, 0) is 6.54 Å². The van der Waals surface area contributed by atoms with E-state index in [0.717, 1.165) is 56.3 Å². The molecule has 2 aromatic carbocycles. The number of hydrogen-bond donors (Lipinski definition) is 1. The number of carbonyl (C=O) groups excluding carboxylic acids is 1. The van der Waals surface area contributed by atoms with Gasteiger partial charge < -0.3 is 15.5 Å². The van der Waals surface area contributed by atoms with Gasteiger partial charge in [-0.3, -0.25) is 9.36 Å². The highest BCUT2D eigenvalue weighted by atomic mass is 16.2. The van der Waals surface area contributed by atoms with Crippen molar-refractivity contribution in [2.45, 2.75) is 63.6 Å². The number of nitrogens with zero attached hydrogens (tertiary/aromatic N) is 4. The molecule has 0 bridgehead atoms. The van der Waals surface area contributed by atoms with Crippen LogP contribution in [0, 0.1) is 11.3 Å². The van der Waals surface area contributed by atoms with Crippen LogP contribution in [0.15, 0.2) is 77.9 Å². The average Bonchev–Trinajstić information content (AvgIpc) is 3.44. The molecule has 3 aromatic rings. The number of benzene rings is 2. The van der Waals surface area contributed by atoms with Gasteiger partial charge in [0.15, 0.2) is 0 Å². The summed E-state index contributed by atoms with van der Waals surface area (Å²) in [5, 5.41) is 0. The fourth-order valence-electron chi connectivity index (χ4n) is 7.26. The number of likely N-dealkylation sites (tertiary alicyclic amines) is 2. The molecule has 2 N–H and O–H groups in total. The van der Waals surface area contributed by atoms with Crippen LogP contribution in [0.25, 0.3) is 11.3 Å². The van der Waals surface area contributed by atoms with Crippen molar-refractivity contribution in [1.29, 1.82) is 0 Å². The van der Waals surface area contributed by atoms with Crippen LogP contribution in [0.4, 0.5) is 4.79 Å². The lowest BCUT2D eigenvalue weighted by Crippen LogP contribution is -2.56. The van der Waals surface area contributed by atoms with Gasteiger partial charge in [0, 0.05) is 43.9 Å². The van der Waals surface area contributed by atoms with Crippen molar-refractivity contribution in [1.82, 2.24) is 19.4 Å². The van der Waals surface area contributed by atoms with E-state index in [9.17, 15) is 9.59 Å².